The Kier molecular flexibility index (Phi) is 3.71. The van der Waals surface area contributed by atoms with Crippen LogP contribution in [0.1, 0.15) is 15.9 Å². The molecular formula is C17H13BrN2O. The molecule has 104 valence electrons. The molecule has 1 amide bonds. The highest BCUT2D eigenvalue weighted by molar-refractivity contribution is 9.10. The van der Waals surface area contributed by atoms with Crippen LogP contribution in [0.15, 0.2) is 59.2 Å². The largest absolute Gasteiger partial charge is 0.320 e. The zero-order valence-corrected chi connectivity index (χ0v) is 13.0. The van der Waals surface area contributed by atoms with Gasteiger partial charge in [-0.05, 0) is 42.8 Å². The van der Waals surface area contributed by atoms with E-state index >= 15 is 0 Å². The van der Waals surface area contributed by atoms with Crippen molar-refractivity contribution in [3.63, 3.8) is 0 Å². The van der Waals surface area contributed by atoms with E-state index in [1.807, 2.05) is 43.3 Å². The van der Waals surface area contributed by atoms with Gasteiger partial charge in [0, 0.05) is 21.6 Å². The highest BCUT2D eigenvalue weighted by Crippen LogP contribution is 2.25. The highest BCUT2D eigenvalue weighted by Gasteiger charge is 2.11. The van der Waals surface area contributed by atoms with Crippen molar-refractivity contribution in [2.24, 2.45) is 0 Å². The normalized spacial score (nSPS) is 10.6. The molecule has 0 saturated heterocycles. The Bertz CT molecular complexity index is 813. The smallest absolute Gasteiger partial charge is 0.255 e. The second-order valence-electron chi connectivity index (χ2n) is 4.79. The van der Waals surface area contributed by atoms with Crippen LogP contribution in [0, 0.1) is 6.92 Å². The molecule has 1 N–H and O–H groups in total. The summed E-state index contributed by atoms with van der Waals surface area (Å²) < 4.78 is 0.946. The van der Waals surface area contributed by atoms with Crippen molar-refractivity contribution in [3.05, 3.63) is 70.3 Å². The quantitative estimate of drug-likeness (QED) is 0.743. The third-order valence-electron chi connectivity index (χ3n) is 3.33. The number of rotatable bonds is 2. The molecule has 21 heavy (non-hydrogen) atoms. The summed E-state index contributed by atoms with van der Waals surface area (Å²) in [5.41, 5.74) is 3.18. The molecule has 0 aliphatic rings. The molecular weight excluding hydrogens is 328 g/mol. The number of hydrogen-bond acceptors (Lipinski definition) is 2. The Morgan fingerprint density at radius 1 is 1.10 bits per heavy atom. The zero-order valence-electron chi connectivity index (χ0n) is 11.4. The van der Waals surface area contributed by atoms with Gasteiger partial charge < -0.3 is 5.32 Å². The van der Waals surface area contributed by atoms with Gasteiger partial charge in [-0.1, -0.05) is 34.1 Å². The molecule has 1 heterocycles. The van der Waals surface area contributed by atoms with Crippen molar-refractivity contribution in [3.8, 4) is 0 Å². The number of aromatic nitrogens is 1. The van der Waals surface area contributed by atoms with E-state index < -0.39 is 0 Å². The minimum atomic E-state index is -0.135. The second kappa shape index (κ2) is 5.66. The molecule has 0 atom stereocenters. The van der Waals surface area contributed by atoms with Crippen molar-refractivity contribution < 1.29 is 4.79 Å². The van der Waals surface area contributed by atoms with Crippen LogP contribution >= 0.6 is 15.9 Å². The predicted octanol–water partition coefficient (Wildman–Crippen LogP) is 4.56. The van der Waals surface area contributed by atoms with E-state index in [2.05, 4.69) is 26.2 Å². The number of nitrogens with zero attached hydrogens (tertiary/aromatic N) is 1. The lowest BCUT2D eigenvalue weighted by atomic mass is 10.1. The third kappa shape index (κ3) is 2.81. The van der Waals surface area contributed by atoms with Gasteiger partial charge in [0.05, 0.1) is 11.2 Å². The van der Waals surface area contributed by atoms with Crippen LogP contribution < -0.4 is 5.32 Å². The maximum Gasteiger partial charge on any atom is 0.255 e. The van der Waals surface area contributed by atoms with Gasteiger partial charge in [0.1, 0.15) is 0 Å². The van der Waals surface area contributed by atoms with Crippen molar-refractivity contribution in [1.82, 2.24) is 4.98 Å². The number of hydrogen-bond donors (Lipinski definition) is 1. The Hall–Kier alpha value is -2.20. The van der Waals surface area contributed by atoms with Crippen LogP contribution in [0.2, 0.25) is 0 Å². The molecule has 0 saturated carbocycles. The molecule has 0 aliphatic heterocycles. The SMILES string of the molecule is Cc1ccc2cccnc2c1NC(=O)c1ccc(Br)cc1. The van der Waals surface area contributed by atoms with Crippen molar-refractivity contribution >= 4 is 38.4 Å². The maximum absolute atomic E-state index is 12.4. The van der Waals surface area contributed by atoms with Gasteiger partial charge in [-0.2, -0.15) is 0 Å². The zero-order chi connectivity index (χ0) is 14.8. The Labute approximate surface area is 131 Å². The molecule has 3 nitrogen and oxygen atoms in total. The van der Waals surface area contributed by atoms with Gasteiger partial charge in [-0.3, -0.25) is 9.78 Å². The van der Waals surface area contributed by atoms with Gasteiger partial charge in [0.2, 0.25) is 0 Å². The van der Waals surface area contributed by atoms with E-state index in [1.165, 1.54) is 0 Å². The number of aryl methyl sites for hydroxylation is 1. The van der Waals surface area contributed by atoms with Gasteiger partial charge in [-0.15, -0.1) is 0 Å². The summed E-state index contributed by atoms with van der Waals surface area (Å²) in [5, 5.41) is 3.98. The van der Waals surface area contributed by atoms with E-state index in [9.17, 15) is 4.79 Å². The molecule has 0 spiro atoms. The number of nitrogens with one attached hydrogen (secondary N) is 1. The summed E-state index contributed by atoms with van der Waals surface area (Å²) in [7, 11) is 0. The lowest BCUT2D eigenvalue weighted by molar-refractivity contribution is 0.102. The standard InChI is InChI=1S/C17H13BrN2O/c1-11-4-5-12-3-2-10-19-16(12)15(11)20-17(21)13-6-8-14(18)9-7-13/h2-10H,1H3,(H,20,21). The fourth-order valence-electron chi connectivity index (χ4n) is 2.19. The summed E-state index contributed by atoms with van der Waals surface area (Å²) in [6, 6.07) is 15.1. The fraction of sp³-hybridized carbons (Fsp3) is 0.0588. The number of fused-ring (bicyclic) bond motifs is 1. The molecule has 0 unspecified atom stereocenters. The second-order valence-corrected chi connectivity index (χ2v) is 5.71. The number of benzene rings is 2. The number of halogens is 1. The first-order valence-corrected chi connectivity index (χ1v) is 7.36. The molecule has 1 aromatic heterocycles. The van der Waals surface area contributed by atoms with Crippen molar-refractivity contribution in [2.45, 2.75) is 6.92 Å². The van der Waals surface area contributed by atoms with E-state index in [-0.39, 0.29) is 5.91 Å². The summed E-state index contributed by atoms with van der Waals surface area (Å²) in [6.45, 7) is 1.96. The minimum Gasteiger partial charge on any atom is -0.320 e. The van der Waals surface area contributed by atoms with E-state index in [0.717, 1.165) is 26.6 Å². The minimum absolute atomic E-state index is 0.135. The first-order chi connectivity index (χ1) is 10.1. The van der Waals surface area contributed by atoms with Crippen LogP contribution in [-0.2, 0) is 0 Å². The molecule has 2 aromatic carbocycles. The van der Waals surface area contributed by atoms with Crippen LogP contribution in [0.25, 0.3) is 10.9 Å². The van der Waals surface area contributed by atoms with Crippen LogP contribution in [-0.4, -0.2) is 10.9 Å². The number of carbonyl (C=O) groups is 1. The van der Waals surface area contributed by atoms with Crippen LogP contribution in [0.3, 0.4) is 0 Å². The lowest BCUT2D eigenvalue weighted by Gasteiger charge is -2.11. The average molecular weight is 341 g/mol. The average Bonchev–Trinajstić information content (AvgIpc) is 2.51. The first-order valence-electron chi connectivity index (χ1n) is 6.56. The van der Waals surface area contributed by atoms with Crippen LogP contribution in [0.4, 0.5) is 5.69 Å². The molecule has 0 fully saturated rings. The van der Waals surface area contributed by atoms with E-state index in [0.29, 0.717) is 5.56 Å². The van der Waals surface area contributed by atoms with Gasteiger partial charge >= 0.3 is 0 Å². The van der Waals surface area contributed by atoms with Gasteiger partial charge in [0.15, 0.2) is 0 Å². The van der Waals surface area contributed by atoms with E-state index in [1.54, 1.807) is 18.3 Å². The monoisotopic (exact) mass is 340 g/mol. The topological polar surface area (TPSA) is 42.0 Å². The van der Waals surface area contributed by atoms with Crippen molar-refractivity contribution in [1.29, 1.82) is 0 Å². The lowest BCUT2D eigenvalue weighted by Crippen LogP contribution is -2.13. The number of anilines is 1. The number of amides is 1. The summed E-state index contributed by atoms with van der Waals surface area (Å²) in [6.07, 6.45) is 1.73. The molecule has 0 radical (unpaired) electrons. The number of pyridine rings is 1. The van der Waals surface area contributed by atoms with Gasteiger partial charge in [-0.25, -0.2) is 0 Å². The summed E-state index contributed by atoms with van der Waals surface area (Å²) in [5.74, 6) is -0.135. The Morgan fingerprint density at radius 3 is 2.62 bits per heavy atom. The molecule has 3 rings (SSSR count). The van der Waals surface area contributed by atoms with E-state index in [4.69, 9.17) is 0 Å². The maximum atomic E-state index is 12.4. The fourth-order valence-corrected chi connectivity index (χ4v) is 2.46. The molecule has 0 aliphatic carbocycles. The number of carbonyl (C=O) groups excluding carboxylic acids is 1. The van der Waals surface area contributed by atoms with Crippen LogP contribution in [0.5, 0.6) is 0 Å². The predicted molar refractivity (Wildman–Crippen MR) is 88.6 cm³/mol. The molecule has 0 bridgehead atoms. The summed E-state index contributed by atoms with van der Waals surface area (Å²) >= 11 is 3.36. The van der Waals surface area contributed by atoms with Gasteiger partial charge in [0.25, 0.3) is 5.91 Å². The summed E-state index contributed by atoms with van der Waals surface area (Å²) in [4.78, 5) is 16.7. The molecule has 3 aromatic rings. The first kappa shape index (κ1) is 13.8. The molecule has 4 heteroatoms. The third-order valence-corrected chi connectivity index (χ3v) is 3.86. The van der Waals surface area contributed by atoms with Crippen molar-refractivity contribution in [2.75, 3.05) is 5.32 Å². The highest BCUT2D eigenvalue weighted by atomic mass is 79.9. The Balaban J connectivity index is 1.99. The Morgan fingerprint density at radius 2 is 1.86 bits per heavy atom.